The molecule has 0 spiro atoms. The van der Waals surface area contributed by atoms with Crippen LogP contribution in [-0.2, 0) is 4.74 Å². The van der Waals surface area contributed by atoms with E-state index < -0.39 is 0 Å². The molecule has 0 saturated carbocycles. The van der Waals surface area contributed by atoms with Crippen molar-refractivity contribution in [3.8, 4) is 11.3 Å². The number of benzene rings is 1. The lowest BCUT2D eigenvalue weighted by Gasteiger charge is -2.37. The normalized spacial score (nSPS) is 18.0. The SMILES string of the molecule is CC(C)n1cnc2c(-c3ccccc3)nc(C3CCN(C(=O)N4CCOCC4)CC3)cc21. The number of rotatable bonds is 3. The smallest absolute Gasteiger partial charge is 0.320 e. The van der Waals surface area contributed by atoms with Gasteiger partial charge in [0.2, 0.25) is 0 Å². The van der Waals surface area contributed by atoms with Crippen molar-refractivity contribution in [2.45, 2.75) is 38.6 Å². The molecule has 2 aromatic heterocycles. The summed E-state index contributed by atoms with van der Waals surface area (Å²) in [6.45, 7) is 8.55. The second kappa shape index (κ2) is 8.90. The number of hydrogen-bond acceptors (Lipinski definition) is 4. The number of ether oxygens (including phenoxy) is 1. The van der Waals surface area contributed by atoms with E-state index in [0.717, 1.165) is 53.9 Å². The van der Waals surface area contributed by atoms with Gasteiger partial charge in [-0.25, -0.2) is 9.78 Å². The Kier molecular flexibility index (Phi) is 5.83. The molecule has 2 amide bonds. The van der Waals surface area contributed by atoms with Crippen LogP contribution in [0.5, 0.6) is 0 Å². The van der Waals surface area contributed by atoms with Gasteiger partial charge < -0.3 is 19.1 Å². The Morgan fingerprint density at radius 3 is 2.41 bits per heavy atom. The van der Waals surface area contributed by atoms with E-state index in [0.29, 0.717) is 38.3 Å². The number of likely N-dealkylation sites (tertiary alicyclic amines) is 1. The average molecular weight is 434 g/mol. The van der Waals surface area contributed by atoms with Gasteiger partial charge in [0.05, 0.1) is 30.8 Å². The highest BCUT2D eigenvalue weighted by molar-refractivity contribution is 5.90. The average Bonchev–Trinajstić information content (AvgIpc) is 3.29. The molecule has 0 aliphatic carbocycles. The molecule has 1 aromatic carbocycles. The molecule has 168 valence electrons. The fourth-order valence-corrected chi connectivity index (χ4v) is 4.79. The molecular formula is C25H31N5O2. The second-order valence-corrected chi connectivity index (χ2v) is 9.02. The molecule has 2 aliphatic heterocycles. The van der Waals surface area contributed by atoms with Crippen LogP contribution in [0.15, 0.2) is 42.7 Å². The first kappa shape index (κ1) is 20.9. The van der Waals surface area contributed by atoms with Crippen molar-refractivity contribution in [1.29, 1.82) is 0 Å². The number of urea groups is 1. The number of morpholine rings is 1. The summed E-state index contributed by atoms with van der Waals surface area (Å²) in [4.78, 5) is 26.6. The largest absolute Gasteiger partial charge is 0.378 e. The molecule has 2 saturated heterocycles. The first-order valence-electron chi connectivity index (χ1n) is 11.7. The summed E-state index contributed by atoms with van der Waals surface area (Å²) >= 11 is 0. The van der Waals surface area contributed by atoms with E-state index in [4.69, 9.17) is 14.7 Å². The van der Waals surface area contributed by atoms with Crippen LogP contribution in [0.2, 0.25) is 0 Å². The van der Waals surface area contributed by atoms with E-state index in [2.05, 4.69) is 36.6 Å². The van der Waals surface area contributed by atoms with Gasteiger partial charge in [0.25, 0.3) is 0 Å². The summed E-state index contributed by atoms with van der Waals surface area (Å²) in [6, 6.07) is 13.0. The Bertz CT molecular complexity index is 1080. The molecule has 5 rings (SSSR count). The van der Waals surface area contributed by atoms with Gasteiger partial charge in [-0.3, -0.25) is 4.98 Å². The number of hydrogen-bond donors (Lipinski definition) is 0. The van der Waals surface area contributed by atoms with Gasteiger partial charge in [0, 0.05) is 49.4 Å². The van der Waals surface area contributed by atoms with Crippen LogP contribution in [0, 0.1) is 0 Å². The standard InChI is InChI=1S/C25H31N5O2/c1-18(2)30-17-26-24-22(30)16-21(27-23(24)20-6-4-3-5-7-20)19-8-10-28(11-9-19)25(31)29-12-14-32-15-13-29/h3-7,16-19H,8-15H2,1-2H3. The Hall–Kier alpha value is -2.93. The fourth-order valence-electron chi connectivity index (χ4n) is 4.79. The quantitative estimate of drug-likeness (QED) is 0.617. The highest BCUT2D eigenvalue weighted by Crippen LogP contribution is 2.34. The molecule has 7 heteroatoms. The lowest BCUT2D eigenvalue weighted by molar-refractivity contribution is 0.0411. The van der Waals surface area contributed by atoms with E-state index >= 15 is 0 Å². The van der Waals surface area contributed by atoms with Gasteiger partial charge >= 0.3 is 6.03 Å². The Morgan fingerprint density at radius 2 is 1.72 bits per heavy atom. The third-order valence-electron chi connectivity index (χ3n) is 6.65. The molecule has 32 heavy (non-hydrogen) atoms. The molecule has 0 N–H and O–H groups in total. The molecule has 0 atom stereocenters. The summed E-state index contributed by atoms with van der Waals surface area (Å²) in [7, 11) is 0. The Balaban J connectivity index is 1.42. The van der Waals surface area contributed by atoms with E-state index in [1.54, 1.807) is 0 Å². The first-order chi connectivity index (χ1) is 15.6. The predicted octanol–water partition coefficient (Wildman–Crippen LogP) is 4.31. The summed E-state index contributed by atoms with van der Waals surface area (Å²) in [5.41, 5.74) is 5.24. The number of amides is 2. The highest BCUT2D eigenvalue weighted by atomic mass is 16.5. The van der Waals surface area contributed by atoms with Crippen LogP contribution in [0.4, 0.5) is 4.79 Å². The zero-order valence-corrected chi connectivity index (χ0v) is 18.9. The minimum Gasteiger partial charge on any atom is -0.378 e. The van der Waals surface area contributed by atoms with Crippen LogP contribution in [-0.4, -0.2) is 69.8 Å². The van der Waals surface area contributed by atoms with E-state index in [9.17, 15) is 4.79 Å². The second-order valence-electron chi connectivity index (χ2n) is 9.02. The maximum Gasteiger partial charge on any atom is 0.320 e. The summed E-state index contributed by atoms with van der Waals surface area (Å²) < 4.78 is 7.61. The van der Waals surface area contributed by atoms with Gasteiger partial charge in [-0.05, 0) is 32.8 Å². The minimum atomic E-state index is 0.151. The zero-order chi connectivity index (χ0) is 22.1. The van der Waals surface area contributed by atoms with Crippen molar-refractivity contribution >= 4 is 17.1 Å². The van der Waals surface area contributed by atoms with E-state index in [-0.39, 0.29) is 6.03 Å². The van der Waals surface area contributed by atoms with Crippen LogP contribution in [0.1, 0.15) is 44.3 Å². The first-order valence-corrected chi connectivity index (χ1v) is 11.7. The van der Waals surface area contributed by atoms with Crippen LogP contribution < -0.4 is 0 Å². The maximum atomic E-state index is 12.9. The van der Waals surface area contributed by atoms with Crippen molar-refractivity contribution in [1.82, 2.24) is 24.3 Å². The minimum absolute atomic E-state index is 0.151. The number of piperidine rings is 1. The number of aromatic nitrogens is 3. The number of pyridine rings is 1. The number of fused-ring (bicyclic) bond motifs is 1. The lowest BCUT2D eigenvalue weighted by Crippen LogP contribution is -2.50. The molecule has 3 aromatic rings. The Labute approximate surface area is 189 Å². The fraction of sp³-hybridized carbons (Fsp3) is 0.480. The molecule has 0 unspecified atom stereocenters. The molecule has 2 aliphatic rings. The van der Waals surface area contributed by atoms with Crippen molar-refractivity contribution in [2.75, 3.05) is 39.4 Å². The third kappa shape index (κ3) is 3.97. The number of imidazole rings is 1. The van der Waals surface area contributed by atoms with Crippen LogP contribution in [0.3, 0.4) is 0 Å². The van der Waals surface area contributed by atoms with Crippen molar-refractivity contribution in [3.05, 3.63) is 48.4 Å². The highest BCUT2D eigenvalue weighted by Gasteiger charge is 2.29. The summed E-state index contributed by atoms with van der Waals surface area (Å²) in [6.07, 6.45) is 3.79. The zero-order valence-electron chi connectivity index (χ0n) is 18.9. The number of nitrogens with zero attached hydrogens (tertiary/aromatic N) is 5. The van der Waals surface area contributed by atoms with Crippen LogP contribution >= 0.6 is 0 Å². The van der Waals surface area contributed by atoms with Crippen LogP contribution in [0.25, 0.3) is 22.3 Å². The lowest BCUT2D eigenvalue weighted by atomic mass is 9.92. The Morgan fingerprint density at radius 1 is 1.03 bits per heavy atom. The van der Waals surface area contributed by atoms with Crippen molar-refractivity contribution in [2.24, 2.45) is 0 Å². The van der Waals surface area contributed by atoms with Gasteiger partial charge in [-0.2, -0.15) is 0 Å². The van der Waals surface area contributed by atoms with Crippen molar-refractivity contribution < 1.29 is 9.53 Å². The predicted molar refractivity (Wildman–Crippen MR) is 125 cm³/mol. The molecule has 0 radical (unpaired) electrons. The molecule has 4 heterocycles. The third-order valence-corrected chi connectivity index (χ3v) is 6.65. The molecule has 2 fully saturated rings. The van der Waals surface area contributed by atoms with Gasteiger partial charge in [0.15, 0.2) is 0 Å². The van der Waals surface area contributed by atoms with E-state index in [1.165, 1.54) is 0 Å². The number of carbonyl (C=O) groups is 1. The number of carbonyl (C=O) groups excluding carboxylic acids is 1. The van der Waals surface area contributed by atoms with Gasteiger partial charge in [0.1, 0.15) is 5.52 Å². The maximum absolute atomic E-state index is 12.9. The molecule has 0 bridgehead atoms. The topological polar surface area (TPSA) is 63.5 Å². The molecule has 7 nitrogen and oxygen atoms in total. The van der Waals surface area contributed by atoms with E-state index in [1.807, 2.05) is 34.3 Å². The summed E-state index contributed by atoms with van der Waals surface area (Å²) in [5, 5.41) is 0. The monoisotopic (exact) mass is 433 g/mol. The van der Waals surface area contributed by atoms with Crippen molar-refractivity contribution in [3.63, 3.8) is 0 Å². The summed E-state index contributed by atoms with van der Waals surface area (Å²) in [5.74, 6) is 0.339. The molecular weight excluding hydrogens is 402 g/mol. The van der Waals surface area contributed by atoms with Gasteiger partial charge in [-0.1, -0.05) is 30.3 Å². The van der Waals surface area contributed by atoms with Gasteiger partial charge in [-0.15, -0.1) is 0 Å².